The normalized spacial score (nSPS) is 11.1. The van der Waals surface area contributed by atoms with Gasteiger partial charge in [-0.1, -0.05) is 18.2 Å². The molecular weight excluding hydrogens is 230 g/mol. The van der Waals surface area contributed by atoms with E-state index in [-0.39, 0.29) is 12.5 Å². The molecule has 1 rings (SSSR count). The maximum Gasteiger partial charge on any atom is 0.248 e. The van der Waals surface area contributed by atoms with E-state index in [0.717, 1.165) is 0 Å². The molecule has 1 aromatic carbocycles. The van der Waals surface area contributed by atoms with Crippen molar-refractivity contribution in [3.05, 3.63) is 48.1 Å². The number of carbonyl (C=O) groups is 1. The molecule has 0 aliphatic carbocycles. The van der Waals surface area contributed by atoms with Gasteiger partial charge in [-0.3, -0.25) is 4.79 Å². The Morgan fingerprint density at radius 2 is 2.22 bits per heavy atom. The Morgan fingerprint density at radius 3 is 2.83 bits per heavy atom. The molecular formula is C14H17NO3. The molecule has 0 fully saturated rings. The lowest BCUT2D eigenvalue weighted by molar-refractivity contribution is -0.111. The van der Waals surface area contributed by atoms with Crippen LogP contribution in [0.25, 0.3) is 0 Å². The number of benzene rings is 1. The molecule has 0 atom stereocenters. The van der Waals surface area contributed by atoms with Crippen LogP contribution in [0.5, 0.6) is 5.75 Å². The van der Waals surface area contributed by atoms with Crippen LogP contribution in [0.4, 0.5) is 5.69 Å². The van der Waals surface area contributed by atoms with Crippen molar-refractivity contribution in [3.63, 3.8) is 0 Å². The summed E-state index contributed by atoms with van der Waals surface area (Å²) in [6, 6.07) is 5.11. The second-order valence-electron chi connectivity index (χ2n) is 3.56. The first-order valence-corrected chi connectivity index (χ1v) is 5.59. The number of carbonyl (C=O) groups excluding carboxylic acids is 1. The minimum Gasteiger partial charge on any atom is -0.496 e. The van der Waals surface area contributed by atoms with E-state index in [0.29, 0.717) is 17.0 Å². The lowest BCUT2D eigenvalue weighted by atomic mass is 10.2. The smallest absolute Gasteiger partial charge is 0.248 e. The Balaban J connectivity index is 2.76. The second-order valence-corrected chi connectivity index (χ2v) is 3.56. The first-order chi connectivity index (χ1) is 8.71. The fourth-order valence-corrected chi connectivity index (χ4v) is 1.42. The fourth-order valence-electron chi connectivity index (χ4n) is 1.42. The molecule has 0 bridgehead atoms. The van der Waals surface area contributed by atoms with Crippen LogP contribution >= 0.6 is 0 Å². The third-order valence-electron chi connectivity index (χ3n) is 2.27. The summed E-state index contributed by atoms with van der Waals surface area (Å²) in [7, 11) is 1.53. The zero-order chi connectivity index (χ0) is 13.4. The molecule has 1 aromatic rings. The van der Waals surface area contributed by atoms with Gasteiger partial charge in [-0.25, -0.2) is 0 Å². The van der Waals surface area contributed by atoms with E-state index in [4.69, 9.17) is 9.84 Å². The highest BCUT2D eigenvalue weighted by molar-refractivity contribution is 5.99. The number of methoxy groups -OCH3 is 1. The van der Waals surface area contributed by atoms with Gasteiger partial charge < -0.3 is 15.2 Å². The Morgan fingerprint density at radius 1 is 1.44 bits per heavy atom. The van der Waals surface area contributed by atoms with Crippen LogP contribution in [0, 0.1) is 0 Å². The van der Waals surface area contributed by atoms with Crippen LogP contribution in [0.2, 0.25) is 0 Å². The molecule has 0 heterocycles. The summed E-state index contributed by atoms with van der Waals surface area (Å²) in [5.41, 5.74) is 1.25. The highest BCUT2D eigenvalue weighted by Gasteiger charge is 2.04. The van der Waals surface area contributed by atoms with Crippen molar-refractivity contribution in [2.24, 2.45) is 0 Å². The molecule has 4 nitrogen and oxygen atoms in total. The summed E-state index contributed by atoms with van der Waals surface area (Å²) < 4.78 is 5.08. The van der Waals surface area contributed by atoms with Gasteiger partial charge in [-0.15, -0.1) is 0 Å². The number of rotatable bonds is 5. The van der Waals surface area contributed by atoms with E-state index in [1.165, 1.54) is 13.2 Å². The van der Waals surface area contributed by atoms with E-state index in [9.17, 15) is 4.79 Å². The fraction of sp³-hybridized carbons (Fsp3) is 0.214. The van der Waals surface area contributed by atoms with E-state index in [1.807, 2.05) is 13.0 Å². The van der Waals surface area contributed by atoms with Gasteiger partial charge in [0.2, 0.25) is 5.91 Å². The van der Waals surface area contributed by atoms with Crippen LogP contribution in [0.1, 0.15) is 12.5 Å². The van der Waals surface area contributed by atoms with Gasteiger partial charge in [-0.2, -0.15) is 0 Å². The third-order valence-corrected chi connectivity index (χ3v) is 2.27. The number of nitrogens with one attached hydrogen (secondary N) is 1. The van der Waals surface area contributed by atoms with Gasteiger partial charge in [0.15, 0.2) is 0 Å². The SMILES string of the molecule is CC=C/C=C/C(=O)Nc1ccc(OC)c(CO)c1. The van der Waals surface area contributed by atoms with E-state index in [2.05, 4.69) is 5.32 Å². The van der Waals surface area contributed by atoms with Crippen molar-refractivity contribution in [3.8, 4) is 5.75 Å². The standard InChI is InChI=1S/C14H17NO3/c1-3-4-5-6-14(17)15-12-7-8-13(18-2)11(9-12)10-16/h3-9,16H,10H2,1-2H3,(H,15,17)/b4-3?,6-5+. The minimum absolute atomic E-state index is 0.138. The van der Waals surface area contributed by atoms with Crippen molar-refractivity contribution >= 4 is 11.6 Å². The third kappa shape index (κ3) is 4.07. The molecule has 18 heavy (non-hydrogen) atoms. The zero-order valence-electron chi connectivity index (χ0n) is 10.5. The van der Waals surface area contributed by atoms with Crippen molar-refractivity contribution in [2.45, 2.75) is 13.5 Å². The summed E-state index contributed by atoms with van der Waals surface area (Å²) >= 11 is 0. The summed E-state index contributed by atoms with van der Waals surface area (Å²) in [6.45, 7) is 1.74. The van der Waals surface area contributed by atoms with Crippen molar-refractivity contribution in [1.29, 1.82) is 0 Å². The van der Waals surface area contributed by atoms with Gasteiger partial charge in [0, 0.05) is 17.3 Å². The summed E-state index contributed by atoms with van der Waals surface area (Å²) in [5.74, 6) is 0.377. The predicted octanol–water partition coefficient (Wildman–Crippen LogP) is 2.26. The highest BCUT2D eigenvalue weighted by Crippen LogP contribution is 2.22. The molecule has 0 aromatic heterocycles. The van der Waals surface area contributed by atoms with Gasteiger partial charge >= 0.3 is 0 Å². The molecule has 2 N–H and O–H groups in total. The molecule has 1 amide bonds. The highest BCUT2D eigenvalue weighted by atomic mass is 16.5. The van der Waals surface area contributed by atoms with Crippen LogP contribution in [0.3, 0.4) is 0 Å². The van der Waals surface area contributed by atoms with E-state index < -0.39 is 0 Å². The lowest BCUT2D eigenvalue weighted by Crippen LogP contribution is -2.08. The number of amides is 1. The molecule has 4 heteroatoms. The predicted molar refractivity (Wildman–Crippen MR) is 71.5 cm³/mol. The number of allylic oxidation sites excluding steroid dienone is 3. The number of aliphatic hydroxyl groups is 1. The quantitative estimate of drug-likeness (QED) is 0.620. The van der Waals surface area contributed by atoms with Crippen molar-refractivity contribution < 1.29 is 14.6 Å². The Kier molecular flexibility index (Phi) is 5.67. The zero-order valence-corrected chi connectivity index (χ0v) is 10.5. The van der Waals surface area contributed by atoms with Crippen LogP contribution in [-0.4, -0.2) is 18.1 Å². The molecule has 0 radical (unpaired) electrons. The lowest BCUT2D eigenvalue weighted by Gasteiger charge is -2.08. The van der Waals surface area contributed by atoms with Crippen molar-refractivity contribution in [2.75, 3.05) is 12.4 Å². The van der Waals surface area contributed by atoms with Crippen LogP contribution < -0.4 is 10.1 Å². The first kappa shape index (κ1) is 14.0. The number of ether oxygens (including phenoxy) is 1. The topological polar surface area (TPSA) is 58.6 Å². The Labute approximate surface area is 107 Å². The van der Waals surface area contributed by atoms with Crippen molar-refractivity contribution in [1.82, 2.24) is 0 Å². The van der Waals surface area contributed by atoms with Crippen LogP contribution in [-0.2, 0) is 11.4 Å². The summed E-state index contributed by atoms with van der Waals surface area (Å²) in [5, 5.41) is 11.9. The Bertz CT molecular complexity index is 464. The summed E-state index contributed by atoms with van der Waals surface area (Å²) in [6.07, 6.45) is 6.70. The van der Waals surface area contributed by atoms with Crippen LogP contribution in [0.15, 0.2) is 42.5 Å². The average molecular weight is 247 g/mol. The molecule has 0 unspecified atom stereocenters. The minimum atomic E-state index is -0.220. The molecule has 0 aliphatic rings. The van der Waals surface area contributed by atoms with Gasteiger partial charge in [0.25, 0.3) is 0 Å². The van der Waals surface area contributed by atoms with E-state index >= 15 is 0 Å². The number of anilines is 1. The summed E-state index contributed by atoms with van der Waals surface area (Å²) in [4.78, 5) is 11.5. The average Bonchev–Trinajstić information content (AvgIpc) is 2.39. The molecule has 0 saturated heterocycles. The Hall–Kier alpha value is -2.07. The molecule has 0 saturated carbocycles. The van der Waals surface area contributed by atoms with Gasteiger partial charge in [0.1, 0.15) is 5.75 Å². The second kappa shape index (κ2) is 7.29. The number of hydrogen-bond acceptors (Lipinski definition) is 3. The molecule has 96 valence electrons. The number of aliphatic hydroxyl groups excluding tert-OH is 1. The molecule has 0 spiro atoms. The van der Waals surface area contributed by atoms with Gasteiger partial charge in [0.05, 0.1) is 13.7 Å². The number of hydrogen-bond donors (Lipinski definition) is 2. The molecule has 0 aliphatic heterocycles. The van der Waals surface area contributed by atoms with E-state index in [1.54, 1.807) is 30.4 Å². The monoisotopic (exact) mass is 247 g/mol. The maximum absolute atomic E-state index is 11.5. The van der Waals surface area contributed by atoms with Gasteiger partial charge in [-0.05, 0) is 25.1 Å². The maximum atomic E-state index is 11.5. The largest absolute Gasteiger partial charge is 0.496 e. The first-order valence-electron chi connectivity index (χ1n) is 5.59.